The van der Waals surface area contributed by atoms with Gasteiger partial charge in [-0.05, 0) is 0 Å². The summed E-state index contributed by atoms with van der Waals surface area (Å²) in [5.41, 5.74) is 0. The molecule has 0 amide bonds. The zero-order chi connectivity index (χ0) is 33.3. The Bertz CT molecular complexity index is 914. The summed E-state index contributed by atoms with van der Waals surface area (Å²) in [6.07, 6.45) is -34.9. The minimum absolute atomic E-state index is 0.692. The average molecular weight is 667 g/mol. The van der Waals surface area contributed by atoms with Crippen LogP contribution in [0, 0.1) is 0 Å². The SMILES string of the molecule is OCC1O[C@H](OCC2O[C@@H](O[C@@H]3C(CO[C@H]4OC(CO)[C@H](O)[C@H](O)C4O)O[C@@H](O)C(O)[C@H]3O)C(O)[C@@H](O)[C@@H]2O)C(O)[C@@H](O)[C@H]1O. The van der Waals surface area contributed by atoms with Crippen molar-refractivity contribution >= 4 is 0 Å². The first-order chi connectivity index (χ1) is 21.2. The minimum atomic E-state index is -1.99. The zero-order valence-corrected chi connectivity index (χ0v) is 23.5. The maximum absolute atomic E-state index is 10.7. The molecule has 0 bridgehead atoms. The first kappa shape index (κ1) is 37.0. The summed E-state index contributed by atoms with van der Waals surface area (Å²) < 4.78 is 37.6. The highest BCUT2D eigenvalue weighted by atomic mass is 16.8. The van der Waals surface area contributed by atoms with Crippen LogP contribution in [0.4, 0.5) is 0 Å². The van der Waals surface area contributed by atoms with Crippen LogP contribution in [0.5, 0.6) is 0 Å². The zero-order valence-electron chi connectivity index (χ0n) is 23.5. The molecule has 4 fully saturated rings. The van der Waals surface area contributed by atoms with Gasteiger partial charge in [-0.15, -0.1) is 0 Å². The second-order valence-corrected chi connectivity index (χ2v) is 11.2. The third kappa shape index (κ3) is 7.75. The smallest absolute Gasteiger partial charge is 0.187 e. The van der Waals surface area contributed by atoms with Gasteiger partial charge in [-0.25, -0.2) is 0 Å². The van der Waals surface area contributed by atoms with E-state index >= 15 is 0 Å². The van der Waals surface area contributed by atoms with Crippen molar-refractivity contribution in [1.29, 1.82) is 0 Å². The van der Waals surface area contributed by atoms with Crippen molar-refractivity contribution in [2.75, 3.05) is 26.4 Å². The van der Waals surface area contributed by atoms with E-state index in [4.69, 9.17) is 33.2 Å². The minimum Gasteiger partial charge on any atom is -0.394 e. The van der Waals surface area contributed by atoms with Crippen molar-refractivity contribution in [1.82, 2.24) is 0 Å². The molecule has 0 aromatic heterocycles. The van der Waals surface area contributed by atoms with Gasteiger partial charge in [-0.2, -0.15) is 0 Å². The van der Waals surface area contributed by atoms with Gasteiger partial charge in [0.25, 0.3) is 0 Å². The Morgan fingerprint density at radius 1 is 0.378 bits per heavy atom. The molecule has 0 radical (unpaired) electrons. The van der Waals surface area contributed by atoms with E-state index in [1.165, 1.54) is 0 Å². The molecule has 0 aromatic rings. The Hall–Kier alpha value is -0.840. The average Bonchev–Trinajstić information content (AvgIpc) is 3.02. The molecule has 4 rings (SSSR count). The predicted octanol–water partition coefficient (Wildman–Crippen LogP) is -9.75. The molecule has 45 heavy (non-hydrogen) atoms. The molecule has 264 valence electrons. The lowest BCUT2D eigenvalue weighted by molar-refractivity contribution is -0.368. The van der Waals surface area contributed by atoms with Crippen LogP contribution < -0.4 is 0 Å². The molecule has 4 heterocycles. The van der Waals surface area contributed by atoms with Crippen LogP contribution in [-0.2, 0) is 33.2 Å². The van der Waals surface area contributed by atoms with Gasteiger partial charge in [0, 0.05) is 0 Å². The van der Waals surface area contributed by atoms with Gasteiger partial charge in [0.2, 0.25) is 0 Å². The number of ether oxygens (including phenoxy) is 7. The Kier molecular flexibility index (Phi) is 12.8. The van der Waals surface area contributed by atoms with E-state index in [-0.39, 0.29) is 0 Å². The van der Waals surface area contributed by atoms with Gasteiger partial charge in [0.05, 0.1) is 26.4 Å². The highest BCUT2D eigenvalue weighted by Gasteiger charge is 2.52. The first-order valence-corrected chi connectivity index (χ1v) is 14.1. The molecule has 4 aliphatic rings. The summed E-state index contributed by atoms with van der Waals surface area (Å²) >= 11 is 0. The van der Waals surface area contributed by atoms with Crippen molar-refractivity contribution in [2.24, 2.45) is 0 Å². The van der Waals surface area contributed by atoms with Crippen LogP contribution in [0.15, 0.2) is 0 Å². The van der Waals surface area contributed by atoms with Crippen molar-refractivity contribution in [3.05, 3.63) is 0 Å². The van der Waals surface area contributed by atoms with Crippen molar-refractivity contribution in [2.45, 2.75) is 123 Å². The fourth-order valence-corrected chi connectivity index (χ4v) is 5.33. The third-order valence-electron chi connectivity index (χ3n) is 8.17. The fourth-order valence-electron chi connectivity index (χ4n) is 5.33. The van der Waals surface area contributed by atoms with E-state index in [0.29, 0.717) is 0 Å². The van der Waals surface area contributed by atoms with E-state index in [9.17, 15) is 71.5 Å². The van der Waals surface area contributed by atoms with Gasteiger partial charge < -0.3 is 105 Å². The highest BCUT2D eigenvalue weighted by Crippen LogP contribution is 2.31. The van der Waals surface area contributed by atoms with Crippen molar-refractivity contribution in [3.8, 4) is 0 Å². The van der Waals surface area contributed by atoms with E-state index < -0.39 is 149 Å². The molecule has 21 nitrogen and oxygen atoms in total. The fraction of sp³-hybridized carbons (Fsp3) is 1.00. The summed E-state index contributed by atoms with van der Waals surface area (Å²) in [6.45, 7) is -2.90. The van der Waals surface area contributed by atoms with Gasteiger partial charge in [-0.3, -0.25) is 0 Å². The quantitative estimate of drug-likeness (QED) is 0.103. The van der Waals surface area contributed by atoms with Gasteiger partial charge in [-0.1, -0.05) is 0 Å². The molecule has 0 saturated carbocycles. The molecule has 21 heteroatoms. The number of aliphatic hydroxyl groups is 14. The summed E-state index contributed by atoms with van der Waals surface area (Å²) in [4.78, 5) is 0. The molecule has 0 aromatic carbocycles. The Morgan fingerprint density at radius 3 is 1.24 bits per heavy atom. The largest absolute Gasteiger partial charge is 0.394 e. The summed E-state index contributed by atoms with van der Waals surface area (Å²) in [5, 5.41) is 141. The lowest BCUT2D eigenvalue weighted by Gasteiger charge is -2.46. The lowest BCUT2D eigenvalue weighted by atomic mass is 9.96. The second kappa shape index (κ2) is 15.6. The third-order valence-corrected chi connectivity index (χ3v) is 8.17. The van der Waals surface area contributed by atoms with E-state index in [1.54, 1.807) is 0 Å². The van der Waals surface area contributed by atoms with E-state index in [0.717, 1.165) is 0 Å². The molecule has 8 unspecified atom stereocenters. The molecular weight excluding hydrogens is 624 g/mol. The van der Waals surface area contributed by atoms with Gasteiger partial charge in [0.15, 0.2) is 25.2 Å². The summed E-state index contributed by atoms with van der Waals surface area (Å²) in [6, 6.07) is 0. The van der Waals surface area contributed by atoms with E-state index in [1.807, 2.05) is 0 Å². The van der Waals surface area contributed by atoms with Crippen LogP contribution in [0.1, 0.15) is 0 Å². The Labute approximate surface area is 254 Å². The molecule has 0 spiro atoms. The second-order valence-electron chi connectivity index (χ2n) is 11.2. The first-order valence-electron chi connectivity index (χ1n) is 14.1. The molecule has 14 N–H and O–H groups in total. The van der Waals surface area contributed by atoms with Crippen LogP contribution in [0.2, 0.25) is 0 Å². The molecule has 0 aliphatic carbocycles. The standard InChI is InChI=1S/C24H42O21/c25-1-5-9(27)12(30)17(35)22(42-5)39-3-7-11(29)14(32)19(37)24(44-7)45-20-8(41-21(38)16(34)15(20)33)4-40-23-18(36)13(31)10(28)6(2-26)43-23/h5-38H,1-4H2/t5?,6?,7?,8?,9-,10-,11+,12-,13-,14-,15+,16?,17?,18?,19?,20+,21+,22-,23-,24-/m0/s1. The Morgan fingerprint density at radius 2 is 0.778 bits per heavy atom. The van der Waals surface area contributed by atoms with Crippen molar-refractivity contribution in [3.63, 3.8) is 0 Å². The molecule has 4 aliphatic heterocycles. The number of aliphatic hydroxyl groups excluding tert-OH is 14. The van der Waals surface area contributed by atoms with Gasteiger partial charge >= 0.3 is 0 Å². The maximum Gasteiger partial charge on any atom is 0.187 e. The van der Waals surface area contributed by atoms with Crippen LogP contribution in [0.3, 0.4) is 0 Å². The highest BCUT2D eigenvalue weighted by molar-refractivity contribution is 4.95. The number of hydrogen-bond acceptors (Lipinski definition) is 21. The van der Waals surface area contributed by atoms with Crippen LogP contribution >= 0.6 is 0 Å². The molecule has 20 atom stereocenters. The number of rotatable bonds is 10. The molecule has 4 saturated heterocycles. The van der Waals surface area contributed by atoms with Crippen molar-refractivity contribution < 1.29 is 105 Å². The summed E-state index contributed by atoms with van der Waals surface area (Å²) in [7, 11) is 0. The monoisotopic (exact) mass is 666 g/mol. The normalized spacial score (nSPS) is 52.9. The van der Waals surface area contributed by atoms with E-state index in [2.05, 4.69) is 0 Å². The Balaban J connectivity index is 1.43. The maximum atomic E-state index is 10.7. The lowest BCUT2D eigenvalue weighted by Crippen LogP contribution is -2.65. The van der Waals surface area contributed by atoms with Crippen LogP contribution in [-0.4, -0.2) is 221 Å². The topological polar surface area (TPSA) is 348 Å². The predicted molar refractivity (Wildman–Crippen MR) is 134 cm³/mol. The number of hydrogen-bond donors (Lipinski definition) is 14. The summed E-state index contributed by atoms with van der Waals surface area (Å²) in [5.74, 6) is 0. The van der Waals surface area contributed by atoms with Crippen LogP contribution in [0.25, 0.3) is 0 Å². The van der Waals surface area contributed by atoms with Gasteiger partial charge in [0.1, 0.15) is 97.7 Å². The molecular formula is C24H42O21.